The first kappa shape index (κ1) is 16.6. The topological polar surface area (TPSA) is 50.7 Å². The van der Waals surface area contributed by atoms with Crippen LogP contribution in [0, 0.1) is 6.92 Å². The van der Waals surface area contributed by atoms with Crippen molar-refractivity contribution in [2.45, 2.75) is 20.5 Å². The summed E-state index contributed by atoms with van der Waals surface area (Å²) in [5, 5.41) is 4.01. The summed E-state index contributed by atoms with van der Waals surface area (Å²) in [7, 11) is 0. The van der Waals surface area contributed by atoms with Crippen LogP contribution in [0.3, 0.4) is 0 Å². The van der Waals surface area contributed by atoms with E-state index < -0.39 is 6.61 Å². The van der Waals surface area contributed by atoms with Crippen LogP contribution in [-0.4, -0.2) is 18.2 Å². The van der Waals surface area contributed by atoms with E-state index >= 15 is 0 Å². The molecule has 0 aliphatic heterocycles. The van der Waals surface area contributed by atoms with Gasteiger partial charge in [-0.25, -0.2) is 5.43 Å². The highest BCUT2D eigenvalue weighted by Gasteiger charge is 2.06. The summed E-state index contributed by atoms with van der Waals surface area (Å²) in [6.45, 7) is 0.786. The van der Waals surface area contributed by atoms with Gasteiger partial charge in [-0.1, -0.05) is 17.7 Å². The second kappa shape index (κ2) is 7.49. The maximum atomic E-state index is 12.1. The van der Waals surface area contributed by atoms with E-state index in [9.17, 15) is 13.6 Å². The number of carbonyl (C=O) groups excluding carboxylic acids is 1. The summed E-state index contributed by atoms with van der Waals surface area (Å²) in [5.41, 5.74) is 5.27. The third kappa shape index (κ3) is 4.88. The fourth-order valence-electron chi connectivity index (χ4n) is 1.85. The van der Waals surface area contributed by atoms with Gasteiger partial charge in [0, 0.05) is 5.56 Å². The number of rotatable bonds is 5. The molecule has 1 amide bonds. The van der Waals surface area contributed by atoms with Crippen LogP contribution < -0.4 is 10.2 Å². The van der Waals surface area contributed by atoms with E-state index in [1.54, 1.807) is 31.2 Å². The predicted octanol–water partition coefficient (Wildman–Crippen LogP) is 3.75. The molecule has 6 heteroatoms. The van der Waals surface area contributed by atoms with Crippen LogP contribution >= 0.6 is 0 Å². The Balaban J connectivity index is 2.01. The Bertz CT molecular complexity index is 696. The van der Waals surface area contributed by atoms with Crippen LogP contribution in [0.4, 0.5) is 8.78 Å². The van der Waals surface area contributed by atoms with Crippen LogP contribution in [0.15, 0.2) is 53.6 Å². The number of benzene rings is 2. The molecule has 0 saturated heterocycles. The minimum absolute atomic E-state index is 0.0697. The van der Waals surface area contributed by atoms with E-state index in [0.717, 1.165) is 5.56 Å². The molecule has 0 fully saturated rings. The number of halogens is 2. The van der Waals surface area contributed by atoms with Gasteiger partial charge < -0.3 is 4.74 Å². The van der Waals surface area contributed by atoms with E-state index in [2.05, 4.69) is 15.3 Å². The highest BCUT2D eigenvalue weighted by Crippen LogP contribution is 2.15. The van der Waals surface area contributed by atoms with E-state index in [4.69, 9.17) is 0 Å². The summed E-state index contributed by atoms with van der Waals surface area (Å²) in [4.78, 5) is 11.9. The quantitative estimate of drug-likeness (QED) is 0.674. The fraction of sp³-hybridized carbons (Fsp3) is 0.176. The Kier molecular flexibility index (Phi) is 5.41. The summed E-state index contributed by atoms with van der Waals surface area (Å²) in [6.07, 6.45) is 0. The molecule has 2 aromatic rings. The van der Waals surface area contributed by atoms with Gasteiger partial charge >= 0.3 is 6.61 Å². The molecule has 1 N–H and O–H groups in total. The number of hydrazone groups is 1. The number of hydrogen-bond acceptors (Lipinski definition) is 3. The first-order valence-electron chi connectivity index (χ1n) is 6.92. The predicted molar refractivity (Wildman–Crippen MR) is 83.9 cm³/mol. The van der Waals surface area contributed by atoms with Crippen LogP contribution in [0.25, 0.3) is 0 Å². The lowest BCUT2D eigenvalue weighted by molar-refractivity contribution is -0.0498. The molecule has 0 aliphatic carbocycles. The molecule has 2 aromatic carbocycles. The normalized spacial score (nSPS) is 11.4. The molecular weight excluding hydrogens is 302 g/mol. The van der Waals surface area contributed by atoms with Crippen LogP contribution in [0.5, 0.6) is 5.75 Å². The number of nitrogens with zero attached hydrogens (tertiary/aromatic N) is 1. The van der Waals surface area contributed by atoms with E-state index in [1.807, 2.05) is 19.1 Å². The molecule has 0 unspecified atom stereocenters. The molecule has 2 rings (SSSR count). The lowest BCUT2D eigenvalue weighted by atomic mass is 10.1. The van der Waals surface area contributed by atoms with E-state index in [1.165, 1.54) is 12.1 Å². The lowest BCUT2D eigenvalue weighted by Crippen LogP contribution is -2.19. The van der Waals surface area contributed by atoms with Gasteiger partial charge in [0.15, 0.2) is 0 Å². The summed E-state index contributed by atoms with van der Waals surface area (Å²) >= 11 is 0. The zero-order valence-corrected chi connectivity index (χ0v) is 12.7. The Morgan fingerprint density at radius 1 is 1.04 bits per heavy atom. The highest BCUT2D eigenvalue weighted by molar-refractivity contribution is 6.00. The van der Waals surface area contributed by atoms with Crippen LogP contribution in [0.1, 0.15) is 28.4 Å². The van der Waals surface area contributed by atoms with Crippen molar-refractivity contribution in [3.05, 3.63) is 65.2 Å². The minimum Gasteiger partial charge on any atom is -0.435 e. The van der Waals surface area contributed by atoms with Crippen LogP contribution in [0.2, 0.25) is 0 Å². The molecule has 0 aromatic heterocycles. The third-order valence-electron chi connectivity index (χ3n) is 3.14. The summed E-state index contributed by atoms with van der Waals surface area (Å²) in [5.74, 6) is -0.248. The van der Waals surface area contributed by atoms with Crippen molar-refractivity contribution in [3.63, 3.8) is 0 Å². The average Bonchev–Trinajstić information content (AvgIpc) is 2.53. The van der Waals surface area contributed by atoms with Crippen molar-refractivity contribution < 1.29 is 18.3 Å². The van der Waals surface area contributed by atoms with Crippen molar-refractivity contribution in [1.82, 2.24) is 5.43 Å². The van der Waals surface area contributed by atoms with Gasteiger partial charge in [0.2, 0.25) is 0 Å². The Morgan fingerprint density at radius 2 is 1.61 bits per heavy atom. The molecular formula is C17H16F2N2O2. The van der Waals surface area contributed by atoms with E-state index in [0.29, 0.717) is 16.8 Å². The maximum absolute atomic E-state index is 12.1. The molecule has 0 heterocycles. The Labute approximate surface area is 132 Å². The number of amides is 1. The Hall–Kier alpha value is -2.76. The molecule has 0 radical (unpaired) electrons. The van der Waals surface area contributed by atoms with Crippen LogP contribution in [-0.2, 0) is 0 Å². The van der Waals surface area contributed by atoms with Gasteiger partial charge in [-0.2, -0.15) is 13.9 Å². The minimum atomic E-state index is -2.86. The zero-order chi connectivity index (χ0) is 16.8. The van der Waals surface area contributed by atoms with Gasteiger partial charge in [0.1, 0.15) is 5.75 Å². The lowest BCUT2D eigenvalue weighted by Gasteiger charge is -2.06. The van der Waals surface area contributed by atoms with Crippen molar-refractivity contribution in [2.75, 3.05) is 0 Å². The number of ether oxygens (including phenoxy) is 1. The smallest absolute Gasteiger partial charge is 0.387 e. The third-order valence-corrected chi connectivity index (χ3v) is 3.14. The maximum Gasteiger partial charge on any atom is 0.387 e. The average molecular weight is 318 g/mol. The van der Waals surface area contributed by atoms with Crippen molar-refractivity contribution in [1.29, 1.82) is 0 Å². The fourth-order valence-corrected chi connectivity index (χ4v) is 1.85. The van der Waals surface area contributed by atoms with Gasteiger partial charge in [0.05, 0.1) is 5.71 Å². The number of hydrogen-bond donors (Lipinski definition) is 1. The van der Waals surface area contributed by atoms with Gasteiger partial charge in [-0.3, -0.25) is 4.79 Å². The molecule has 0 aliphatic rings. The molecule has 0 spiro atoms. The Morgan fingerprint density at radius 3 is 2.17 bits per heavy atom. The molecule has 4 nitrogen and oxygen atoms in total. The second-order valence-corrected chi connectivity index (χ2v) is 4.91. The molecule has 0 bridgehead atoms. The SMILES string of the molecule is C/C(=N/NC(=O)c1ccc(C)cc1)c1ccc(OC(F)F)cc1. The van der Waals surface area contributed by atoms with Crippen molar-refractivity contribution >= 4 is 11.6 Å². The highest BCUT2D eigenvalue weighted by atomic mass is 19.3. The molecule has 0 atom stereocenters. The van der Waals surface area contributed by atoms with Gasteiger partial charge in [-0.05, 0) is 55.8 Å². The number of aryl methyl sites for hydroxylation is 1. The zero-order valence-electron chi connectivity index (χ0n) is 12.7. The summed E-state index contributed by atoms with van der Waals surface area (Å²) < 4.78 is 28.4. The van der Waals surface area contributed by atoms with Gasteiger partial charge in [0.25, 0.3) is 5.91 Å². The molecule has 120 valence electrons. The number of alkyl halides is 2. The van der Waals surface area contributed by atoms with Gasteiger partial charge in [-0.15, -0.1) is 0 Å². The molecule has 23 heavy (non-hydrogen) atoms. The second-order valence-electron chi connectivity index (χ2n) is 4.91. The monoisotopic (exact) mass is 318 g/mol. The van der Waals surface area contributed by atoms with Crippen molar-refractivity contribution in [2.24, 2.45) is 5.10 Å². The number of nitrogens with one attached hydrogen (secondary N) is 1. The number of carbonyl (C=O) groups is 1. The van der Waals surface area contributed by atoms with Crippen molar-refractivity contribution in [3.8, 4) is 5.75 Å². The largest absolute Gasteiger partial charge is 0.435 e. The standard InChI is InChI=1S/C17H16F2N2O2/c1-11-3-5-14(6-4-11)16(22)21-20-12(2)13-7-9-15(10-8-13)23-17(18)19/h3-10,17H,1-2H3,(H,21,22)/b20-12-. The molecule has 0 saturated carbocycles. The summed E-state index contributed by atoms with van der Waals surface area (Å²) in [6, 6.07) is 13.1. The first-order chi connectivity index (χ1) is 11.0. The first-order valence-corrected chi connectivity index (χ1v) is 6.92. The van der Waals surface area contributed by atoms with E-state index in [-0.39, 0.29) is 11.7 Å².